The van der Waals surface area contributed by atoms with Crippen molar-refractivity contribution in [1.29, 1.82) is 0 Å². The van der Waals surface area contributed by atoms with Gasteiger partial charge >= 0.3 is 6.03 Å². The van der Waals surface area contributed by atoms with Crippen molar-refractivity contribution in [3.8, 4) is 0 Å². The summed E-state index contributed by atoms with van der Waals surface area (Å²) in [6, 6.07) is 21.7. The minimum Gasteiger partial charge on any atom is -0.314 e. The number of nitro benzene ring substituents is 1. The zero-order valence-corrected chi connectivity index (χ0v) is 16.6. The van der Waals surface area contributed by atoms with Crippen LogP contribution in [0, 0.1) is 17.0 Å². The highest BCUT2D eigenvalue weighted by atomic mass is 16.6. The second-order valence-electron chi connectivity index (χ2n) is 7.08. The standard InChI is InChI=1S/C23H18N4O4/c1-16-12-13-17(14-20(16)27(30)31)15-24-26-21(28)23(25-22(26)29,18-8-4-2-5-9-18)19-10-6-3-7-11-19/h2-15H,1H3,(H,25,29)/b24-15-. The summed E-state index contributed by atoms with van der Waals surface area (Å²) in [6.45, 7) is 1.63. The van der Waals surface area contributed by atoms with Crippen LogP contribution in [0.1, 0.15) is 22.3 Å². The fourth-order valence-corrected chi connectivity index (χ4v) is 3.58. The molecule has 154 valence electrons. The number of amides is 3. The molecule has 1 fully saturated rings. The van der Waals surface area contributed by atoms with Crippen molar-refractivity contribution < 1.29 is 14.5 Å². The maximum Gasteiger partial charge on any atom is 0.346 e. The Hall–Kier alpha value is -4.33. The third kappa shape index (κ3) is 3.44. The molecule has 1 aliphatic rings. The van der Waals surface area contributed by atoms with Crippen LogP contribution in [0.2, 0.25) is 0 Å². The first-order chi connectivity index (χ1) is 14.9. The van der Waals surface area contributed by atoms with Gasteiger partial charge in [0.15, 0.2) is 5.54 Å². The molecule has 0 bridgehead atoms. The Kier molecular flexibility index (Phi) is 5.04. The highest BCUT2D eigenvalue weighted by Crippen LogP contribution is 2.36. The fraction of sp³-hybridized carbons (Fsp3) is 0.0870. The maximum absolute atomic E-state index is 13.5. The molecular weight excluding hydrogens is 396 g/mol. The molecule has 3 amide bonds. The van der Waals surface area contributed by atoms with Crippen LogP contribution < -0.4 is 5.32 Å². The van der Waals surface area contributed by atoms with Gasteiger partial charge in [0.05, 0.1) is 11.1 Å². The van der Waals surface area contributed by atoms with Crippen LogP contribution in [0.3, 0.4) is 0 Å². The second kappa shape index (κ2) is 7.83. The highest BCUT2D eigenvalue weighted by Gasteiger charge is 2.54. The van der Waals surface area contributed by atoms with Crippen molar-refractivity contribution >= 4 is 23.8 Å². The predicted octanol–water partition coefficient (Wildman–Crippen LogP) is 3.73. The van der Waals surface area contributed by atoms with E-state index < -0.39 is 22.4 Å². The van der Waals surface area contributed by atoms with Crippen LogP contribution in [0.25, 0.3) is 0 Å². The van der Waals surface area contributed by atoms with E-state index in [0.717, 1.165) is 5.01 Å². The lowest BCUT2D eigenvalue weighted by Gasteiger charge is -2.27. The highest BCUT2D eigenvalue weighted by molar-refractivity contribution is 6.09. The van der Waals surface area contributed by atoms with E-state index in [1.54, 1.807) is 67.6 Å². The number of carbonyl (C=O) groups is 2. The van der Waals surface area contributed by atoms with E-state index in [-0.39, 0.29) is 5.69 Å². The largest absolute Gasteiger partial charge is 0.346 e. The number of nitrogens with zero attached hydrogens (tertiary/aromatic N) is 3. The summed E-state index contributed by atoms with van der Waals surface area (Å²) in [7, 11) is 0. The van der Waals surface area contributed by atoms with Crippen LogP contribution in [-0.4, -0.2) is 28.1 Å². The second-order valence-corrected chi connectivity index (χ2v) is 7.08. The molecule has 1 aliphatic heterocycles. The first kappa shape index (κ1) is 20.0. The monoisotopic (exact) mass is 414 g/mol. The Balaban J connectivity index is 1.74. The molecule has 8 nitrogen and oxygen atoms in total. The SMILES string of the molecule is Cc1ccc(/C=N\N2C(=O)NC(c3ccccc3)(c3ccccc3)C2=O)cc1[N+](=O)[O-]. The molecule has 0 aliphatic carbocycles. The molecule has 1 N–H and O–H groups in total. The zero-order chi connectivity index (χ0) is 22.0. The van der Waals surface area contributed by atoms with Gasteiger partial charge in [-0.25, -0.2) is 4.79 Å². The van der Waals surface area contributed by atoms with Gasteiger partial charge in [-0.3, -0.25) is 14.9 Å². The van der Waals surface area contributed by atoms with Gasteiger partial charge in [0.2, 0.25) is 0 Å². The van der Waals surface area contributed by atoms with E-state index in [1.807, 2.05) is 12.1 Å². The Morgan fingerprint density at radius 2 is 1.55 bits per heavy atom. The number of hydrazone groups is 1. The number of benzene rings is 3. The Morgan fingerprint density at radius 1 is 0.968 bits per heavy atom. The smallest absolute Gasteiger partial charge is 0.314 e. The molecule has 0 unspecified atom stereocenters. The van der Waals surface area contributed by atoms with Crippen molar-refractivity contribution in [2.45, 2.75) is 12.5 Å². The summed E-state index contributed by atoms with van der Waals surface area (Å²) in [5.74, 6) is -0.562. The summed E-state index contributed by atoms with van der Waals surface area (Å²) >= 11 is 0. The van der Waals surface area contributed by atoms with E-state index >= 15 is 0 Å². The maximum atomic E-state index is 13.5. The first-order valence-electron chi connectivity index (χ1n) is 9.50. The lowest BCUT2D eigenvalue weighted by Crippen LogP contribution is -2.44. The Morgan fingerprint density at radius 3 is 2.10 bits per heavy atom. The molecule has 0 radical (unpaired) electrons. The lowest BCUT2D eigenvalue weighted by atomic mass is 9.83. The molecule has 1 saturated heterocycles. The van der Waals surface area contributed by atoms with Crippen LogP contribution in [-0.2, 0) is 10.3 Å². The van der Waals surface area contributed by atoms with Gasteiger partial charge in [-0.05, 0) is 18.1 Å². The number of aryl methyl sites for hydroxylation is 1. The summed E-state index contributed by atoms with van der Waals surface area (Å²) in [5, 5.41) is 18.8. The third-order valence-corrected chi connectivity index (χ3v) is 5.17. The van der Waals surface area contributed by atoms with E-state index in [9.17, 15) is 19.7 Å². The first-order valence-corrected chi connectivity index (χ1v) is 9.50. The number of nitrogens with one attached hydrogen (secondary N) is 1. The molecule has 1 heterocycles. The van der Waals surface area contributed by atoms with Gasteiger partial charge in [-0.2, -0.15) is 5.10 Å². The molecule has 3 aromatic rings. The van der Waals surface area contributed by atoms with Crippen LogP contribution in [0.15, 0.2) is 84.0 Å². The van der Waals surface area contributed by atoms with Crippen molar-refractivity contribution in [2.24, 2.45) is 5.10 Å². The minimum absolute atomic E-state index is 0.0657. The zero-order valence-electron chi connectivity index (χ0n) is 16.6. The number of rotatable bonds is 5. The summed E-state index contributed by atoms with van der Waals surface area (Å²) in [4.78, 5) is 37.0. The number of carbonyl (C=O) groups excluding carboxylic acids is 2. The van der Waals surface area contributed by atoms with Crippen LogP contribution in [0.4, 0.5) is 10.5 Å². The quantitative estimate of drug-likeness (QED) is 0.297. The van der Waals surface area contributed by atoms with Gasteiger partial charge in [0, 0.05) is 17.2 Å². The molecule has 31 heavy (non-hydrogen) atoms. The van der Waals surface area contributed by atoms with Gasteiger partial charge in [0.25, 0.3) is 11.6 Å². The van der Waals surface area contributed by atoms with E-state index in [0.29, 0.717) is 22.3 Å². The van der Waals surface area contributed by atoms with Crippen molar-refractivity contribution in [2.75, 3.05) is 0 Å². The van der Waals surface area contributed by atoms with Crippen molar-refractivity contribution in [3.63, 3.8) is 0 Å². The van der Waals surface area contributed by atoms with Gasteiger partial charge in [-0.1, -0.05) is 72.8 Å². The molecule has 4 rings (SSSR count). The fourth-order valence-electron chi connectivity index (χ4n) is 3.58. The van der Waals surface area contributed by atoms with Crippen LogP contribution in [0.5, 0.6) is 0 Å². The van der Waals surface area contributed by atoms with E-state index in [4.69, 9.17) is 0 Å². The summed E-state index contributed by atoms with van der Waals surface area (Å²) in [5.41, 5.74) is 0.616. The third-order valence-electron chi connectivity index (χ3n) is 5.17. The minimum atomic E-state index is -1.42. The Labute approximate surface area is 178 Å². The summed E-state index contributed by atoms with van der Waals surface area (Å²) in [6.07, 6.45) is 1.26. The Bertz CT molecular complexity index is 1150. The van der Waals surface area contributed by atoms with Gasteiger partial charge in [-0.15, -0.1) is 5.01 Å². The van der Waals surface area contributed by atoms with Crippen molar-refractivity contribution in [1.82, 2.24) is 10.3 Å². The normalized spacial score (nSPS) is 15.3. The molecule has 0 atom stereocenters. The summed E-state index contributed by atoms with van der Waals surface area (Å²) < 4.78 is 0. The number of hydrogen-bond acceptors (Lipinski definition) is 5. The number of imide groups is 1. The van der Waals surface area contributed by atoms with Crippen LogP contribution >= 0.6 is 0 Å². The topological polar surface area (TPSA) is 105 Å². The van der Waals surface area contributed by atoms with E-state index in [1.165, 1.54) is 12.3 Å². The molecule has 0 aromatic heterocycles. The predicted molar refractivity (Wildman–Crippen MR) is 114 cm³/mol. The number of nitro groups is 1. The average Bonchev–Trinajstić information content (AvgIpc) is 3.05. The van der Waals surface area contributed by atoms with E-state index in [2.05, 4.69) is 10.4 Å². The van der Waals surface area contributed by atoms with Gasteiger partial charge < -0.3 is 5.32 Å². The lowest BCUT2D eigenvalue weighted by molar-refractivity contribution is -0.385. The van der Waals surface area contributed by atoms with Gasteiger partial charge in [0.1, 0.15) is 0 Å². The number of urea groups is 1. The molecule has 3 aromatic carbocycles. The average molecular weight is 414 g/mol. The number of hydrogen-bond donors (Lipinski definition) is 1. The van der Waals surface area contributed by atoms with Crippen molar-refractivity contribution in [3.05, 3.63) is 111 Å². The molecular formula is C23H18N4O4. The molecule has 8 heteroatoms. The molecule has 0 saturated carbocycles. The molecule has 0 spiro atoms.